The van der Waals surface area contributed by atoms with Crippen LogP contribution >= 0.6 is 0 Å². The van der Waals surface area contributed by atoms with Crippen LogP contribution in [-0.2, 0) is 11.3 Å². The van der Waals surface area contributed by atoms with Gasteiger partial charge in [-0.1, -0.05) is 13.0 Å². The fraction of sp³-hybridized carbons (Fsp3) is 0.600. The first-order chi connectivity index (χ1) is 8.69. The molecule has 0 saturated heterocycles. The van der Waals surface area contributed by atoms with Crippen molar-refractivity contribution in [1.29, 1.82) is 0 Å². The van der Waals surface area contributed by atoms with E-state index >= 15 is 0 Å². The molecule has 0 atom stereocenters. The van der Waals surface area contributed by atoms with Crippen LogP contribution in [0.1, 0.15) is 38.2 Å². The van der Waals surface area contributed by atoms with Gasteiger partial charge in [0.25, 0.3) is 0 Å². The summed E-state index contributed by atoms with van der Waals surface area (Å²) >= 11 is 0. The Balaban J connectivity index is 1.84. The maximum Gasteiger partial charge on any atom is 0.141 e. The summed E-state index contributed by atoms with van der Waals surface area (Å²) in [6.07, 6.45) is 5.37. The van der Waals surface area contributed by atoms with Crippen molar-refractivity contribution in [1.82, 2.24) is 0 Å². The van der Waals surface area contributed by atoms with Crippen molar-refractivity contribution in [2.24, 2.45) is 5.92 Å². The first-order valence-corrected chi connectivity index (χ1v) is 6.73. The van der Waals surface area contributed by atoms with Crippen LogP contribution in [0.2, 0.25) is 0 Å². The molecule has 2 N–H and O–H groups in total. The van der Waals surface area contributed by atoms with Gasteiger partial charge in [-0.05, 0) is 49.3 Å². The Bertz CT molecular complexity index is 384. The van der Waals surface area contributed by atoms with Gasteiger partial charge in [0.15, 0.2) is 0 Å². The highest BCUT2D eigenvalue weighted by Gasteiger charge is 2.18. The van der Waals surface area contributed by atoms with Gasteiger partial charge in [-0.2, -0.15) is 0 Å². The number of ether oxygens (including phenoxy) is 2. The Kier molecular flexibility index (Phi) is 4.48. The second kappa shape index (κ2) is 6.10. The minimum absolute atomic E-state index is 0.421. The Morgan fingerprint density at radius 1 is 1.22 bits per heavy atom. The minimum atomic E-state index is 0.421. The lowest BCUT2D eigenvalue weighted by molar-refractivity contribution is 0.00878. The first kappa shape index (κ1) is 13.2. The second-order valence-corrected chi connectivity index (χ2v) is 5.27. The molecule has 1 aliphatic rings. The Labute approximate surface area is 109 Å². The van der Waals surface area contributed by atoms with Gasteiger partial charge in [0.05, 0.1) is 25.5 Å². The van der Waals surface area contributed by atoms with E-state index in [0.717, 1.165) is 17.2 Å². The molecule has 2 rings (SSSR count). The maximum atomic E-state index is 5.95. The van der Waals surface area contributed by atoms with E-state index in [1.807, 2.05) is 18.2 Å². The molecule has 1 fully saturated rings. The summed E-state index contributed by atoms with van der Waals surface area (Å²) in [6, 6.07) is 5.85. The molecule has 3 nitrogen and oxygen atoms in total. The van der Waals surface area contributed by atoms with Crippen molar-refractivity contribution in [3.8, 4) is 5.75 Å². The van der Waals surface area contributed by atoms with Gasteiger partial charge in [-0.25, -0.2) is 0 Å². The van der Waals surface area contributed by atoms with Crippen molar-refractivity contribution in [2.75, 3.05) is 12.8 Å². The van der Waals surface area contributed by atoms with E-state index in [0.29, 0.717) is 18.4 Å². The number of benzene rings is 1. The molecule has 1 aromatic rings. The number of hydrogen-bond donors (Lipinski definition) is 1. The molecule has 1 aliphatic carbocycles. The lowest BCUT2D eigenvalue weighted by atomic mass is 9.89. The highest BCUT2D eigenvalue weighted by Crippen LogP contribution is 2.27. The van der Waals surface area contributed by atoms with E-state index < -0.39 is 0 Å². The molecular formula is C15H23NO2. The van der Waals surface area contributed by atoms with E-state index in [1.165, 1.54) is 25.7 Å². The maximum absolute atomic E-state index is 5.95. The van der Waals surface area contributed by atoms with E-state index in [-0.39, 0.29) is 0 Å². The summed E-state index contributed by atoms with van der Waals surface area (Å²) in [5, 5.41) is 0. The molecular weight excluding hydrogens is 226 g/mol. The van der Waals surface area contributed by atoms with Gasteiger partial charge in [-0.3, -0.25) is 0 Å². The SMILES string of the molecule is COc1ccc(COC2CCC(C)CC2)cc1N. The molecule has 0 aromatic heterocycles. The van der Waals surface area contributed by atoms with Crippen LogP contribution in [0.15, 0.2) is 18.2 Å². The number of nitrogen functional groups attached to an aromatic ring is 1. The Morgan fingerprint density at radius 2 is 1.94 bits per heavy atom. The average Bonchev–Trinajstić information content (AvgIpc) is 2.38. The topological polar surface area (TPSA) is 44.5 Å². The monoisotopic (exact) mass is 249 g/mol. The molecule has 0 spiro atoms. The van der Waals surface area contributed by atoms with Crippen LogP contribution in [0.4, 0.5) is 5.69 Å². The quantitative estimate of drug-likeness (QED) is 0.832. The summed E-state index contributed by atoms with van der Waals surface area (Å²) in [5.74, 6) is 1.59. The summed E-state index contributed by atoms with van der Waals surface area (Å²) < 4.78 is 11.1. The highest BCUT2D eigenvalue weighted by molar-refractivity contribution is 5.54. The van der Waals surface area contributed by atoms with Gasteiger partial charge in [0.1, 0.15) is 5.75 Å². The van der Waals surface area contributed by atoms with E-state index in [1.54, 1.807) is 7.11 Å². The number of hydrogen-bond acceptors (Lipinski definition) is 3. The van der Waals surface area contributed by atoms with Gasteiger partial charge in [-0.15, -0.1) is 0 Å². The molecule has 18 heavy (non-hydrogen) atoms. The van der Waals surface area contributed by atoms with Crippen molar-refractivity contribution in [3.63, 3.8) is 0 Å². The van der Waals surface area contributed by atoms with Crippen molar-refractivity contribution in [3.05, 3.63) is 23.8 Å². The van der Waals surface area contributed by atoms with Crippen LogP contribution in [-0.4, -0.2) is 13.2 Å². The van der Waals surface area contributed by atoms with Gasteiger partial charge in [0, 0.05) is 0 Å². The van der Waals surface area contributed by atoms with Crippen LogP contribution in [0.3, 0.4) is 0 Å². The fourth-order valence-corrected chi connectivity index (χ4v) is 2.48. The van der Waals surface area contributed by atoms with Gasteiger partial charge >= 0.3 is 0 Å². The number of methoxy groups -OCH3 is 1. The predicted molar refractivity (Wildman–Crippen MR) is 73.6 cm³/mol. The Hall–Kier alpha value is -1.22. The van der Waals surface area contributed by atoms with Crippen LogP contribution in [0, 0.1) is 5.92 Å². The summed E-state index contributed by atoms with van der Waals surface area (Å²) in [5.41, 5.74) is 7.67. The molecule has 1 aromatic carbocycles. The minimum Gasteiger partial charge on any atom is -0.495 e. The lowest BCUT2D eigenvalue weighted by Crippen LogP contribution is -2.20. The van der Waals surface area contributed by atoms with E-state index in [9.17, 15) is 0 Å². The molecule has 0 amide bonds. The van der Waals surface area contributed by atoms with Crippen molar-refractivity contribution < 1.29 is 9.47 Å². The van der Waals surface area contributed by atoms with Crippen molar-refractivity contribution >= 4 is 5.69 Å². The third-order valence-electron chi connectivity index (χ3n) is 3.74. The first-order valence-electron chi connectivity index (χ1n) is 6.73. The largest absolute Gasteiger partial charge is 0.495 e. The van der Waals surface area contributed by atoms with E-state index in [2.05, 4.69) is 6.92 Å². The van der Waals surface area contributed by atoms with Gasteiger partial charge in [0.2, 0.25) is 0 Å². The van der Waals surface area contributed by atoms with Crippen LogP contribution < -0.4 is 10.5 Å². The molecule has 0 heterocycles. The van der Waals surface area contributed by atoms with E-state index in [4.69, 9.17) is 15.2 Å². The zero-order valence-corrected chi connectivity index (χ0v) is 11.3. The molecule has 3 heteroatoms. The second-order valence-electron chi connectivity index (χ2n) is 5.27. The zero-order valence-electron chi connectivity index (χ0n) is 11.3. The van der Waals surface area contributed by atoms with Crippen molar-refractivity contribution in [2.45, 2.75) is 45.3 Å². The molecule has 1 saturated carbocycles. The third kappa shape index (κ3) is 3.39. The van der Waals surface area contributed by atoms with Crippen LogP contribution in [0.5, 0.6) is 5.75 Å². The standard InChI is InChI=1S/C15H23NO2/c1-11-3-6-13(7-4-11)18-10-12-5-8-15(17-2)14(16)9-12/h5,8-9,11,13H,3-4,6-7,10,16H2,1-2H3. The predicted octanol–water partition coefficient (Wildman–Crippen LogP) is 3.37. The number of nitrogens with two attached hydrogens (primary N) is 1. The summed E-state index contributed by atoms with van der Waals surface area (Å²) in [7, 11) is 1.63. The molecule has 0 unspecified atom stereocenters. The van der Waals surface area contributed by atoms with Crippen LogP contribution in [0.25, 0.3) is 0 Å². The molecule has 0 bridgehead atoms. The average molecular weight is 249 g/mol. The normalized spacial score (nSPS) is 23.9. The zero-order chi connectivity index (χ0) is 13.0. The summed E-state index contributed by atoms with van der Waals surface area (Å²) in [4.78, 5) is 0. The smallest absolute Gasteiger partial charge is 0.141 e. The fourth-order valence-electron chi connectivity index (χ4n) is 2.48. The molecule has 100 valence electrons. The number of anilines is 1. The van der Waals surface area contributed by atoms with Gasteiger partial charge < -0.3 is 15.2 Å². The lowest BCUT2D eigenvalue weighted by Gasteiger charge is -2.26. The highest BCUT2D eigenvalue weighted by atomic mass is 16.5. The number of rotatable bonds is 4. The Morgan fingerprint density at radius 3 is 2.56 bits per heavy atom. The summed E-state index contributed by atoms with van der Waals surface area (Å²) in [6.45, 7) is 2.97. The molecule has 0 aliphatic heterocycles. The third-order valence-corrected chi connectivity index (χ3v) is 3.74. The molecule has 0 radical (unpaired) electrons.